The Kier molecular flexibility index (Phi) is 8.87. The van der Waals surface area contributed by atoms with Gasteiger partial charge in [0.1, 0.15) is 11.4 Å². The number of aromatic nitrogens is 1. The predicted molar refractivity (Wildman–Crippen MR) is 138 cm³/mol. The van der Waals surface area contributed by atoms with E-state index in [1.165, 1.54) is 12.3 Å². The van der Waals surface area contributed by atoms with Crippen LogP contribution in [0.1, 0.15) is 66.5 Å². The molecule has 0 atom stereocenters. The van der Waals surface area contributed by atoms with Crippen molar-refractivity contribution in [3.63, 3.8) is 0 Å². The Hall–Kier alpha value is -3.07. The number of hydrazone groups is 1. The Morgan fingerprint density at radius 2 is 1.97 bits per heavy atom. The second-order valence-corrected chi connectivity index (χ2v) is 9.67. The summed E-state index contributed by atoms with van der Waals surface area (Å²) in [5, 5.41) is 33.8. The molecule has 2 rings (SSSR count). The smallest absolute Gasteiger partial charge is 0.150 e. The molecule has 0 saturated carbocycles. The van der Waals surface area contributed by atoms with Gasteiger partial charge in [-0.05, 0) is 60.0 Å². The van der Waals surface area contributed by atoms with Gasteiger partial charge in [0.05, 0.1) is 23.8 Å². The maximum Gasteiger partial charge on any atom is 0.150 e. The summed E-state index contributed by atoms with van der Waals surface area (Å²) in [4.78, 5) is 6.49. The minimum absolute atomic E-state index is 0.0215. The Labute approximate surface area is 197 Å². The third-order valence-electron chi connectivity index (χ3n) is 5.44. The number of nitrogens with zero attached hydrogens (tertiary/aromatic N) is 5. The molecule has 0 spiro atoms. The number of likely N-dealkylation sites (N-methyl/N-ethyl adjacent to an activating group) is 1. The molecule has 9 nitrogen and oxygen atoms in total. The summed E-state index contributed by atoms with van der Waals surface area (Å²) < 4.78 is 0. The first-order valence-electron chi connectivity index (χ1n) is 11.3. The molecule has 0 unspecified atom stereocenters. The number of pyridine rings is 1. The fourth-order valence-electron chi connectivity index (χ4n) is 4.29. The SMILES string of the molecule is CC/C=C/C(=N\N=C(/C)c1ncc(N/N=C\C=N)cc1O)N(C)C1CC(C)(C)NC(C)(C)C1. The van der Waals surface area contributed by atoms with Crippen LogP contribution in [0.15, 0.2) is 39.7 Å². The van der Waals surface area contributed by atoms with Crippen LogP contribution in [-0.2, 0) is 0 Å². The van der Waals surface area contributed by atoms with Crippen LogP contribution >= 0.6 is 0 Å². The van der Waals surface area contributed by atoms with Gasteiger partial charge in [-0.25, -0.2) is 4.98 Å². The highest BCUT2D eigenvalue weighted by Gasteiger charge is 2.39. The highest BCUT2D eigenvalue weighted by atomic mass is 16.3. The number of hydrogen-bond donors (Lipinski definition) is 4. The number of nitrogens with one attached hydrogen (secondary N) is 3. The standard InChI is InChI=1S/C24H38N8O/c1-8-9-10-21(32(7)19-14-23(3,4)31-24(5,6)15-19)30-28-17(2)22-20(33)13-18(16-26-22)29-27-12-11-25/h9-13,16,19,25,29,31,33H,8,14-15H2,1-7H3/b10-9+,25-11?,27-12-,28-17+,30-21+. The summed E-state index contributed by atoms with van der Waals surface area (Å²) in [6.07, 6.45) is 10.8. The largest absolute Gasteiger partial charge is 0.506 e. The minimum atomic E-state index is -0.0256. The molecule has 0 bridgehead atoms. The Morgan fingerprint density at radius 1 is 1.30 bits per heavy atom. The molecule has 2 heterocycles. The average Bonchev–Trinajstić information content (AvgIpc) is 2.71. The summed E-state index contributed by atoms with van der Waals surface area (Å²) in [5.41, 5.74) is 4.10. The molecule has 4 N–H and O–H groups in total. The first kappa shape index (κ1) is 26.2. The summed E-state index contributed by atoms with van der Waals surface area (Å²) >= 11 is 0. The van der Waals surface area contributed by atoms with E-state index < -0.39 is 0 Å². The van der Waals surface area contributed by atoms with Gasteiger partial charge in [0.2, 0.25) is 0 Å². The molecule has 0 amide bonds. The lowest BCUT2D eigenvalue weighted by atomic mass is 9.79. The molecule has 0 radical (unpaired) electrons. The first-order valence-corrected chi connectivity index (χ1v) is 11.3. The average molecular weight is 455 g/mol. The van der Waals surface area contributed by atoms with E-state index in [9.17, 15) is 5.11 Å². The molecule has 9 heteroatoms. The quantitative estimate of drug-likeness (QED) is 0.267. The van der Waals surface area contributed by atoms with Crippen LogP contribution < -0.4 is 10.7 Å². The van der Waals surface area contributed by atoms with Crippen molar-refractivity contribution in [3.8, 4) is 5.75 Å². The van der Waals surface area contributed by atoms with Gasteiger partial charge in [-0.2, -0.15) is 10.2 Å². The molecule has 1 aliphatic heterocycles. The van der Waals surface area contributed by atoms with Gasteiger partial charge in [0, 0.05) is 36.4 Å². The van der Waals surface area contributed by atoms with Crippen LogP contribution in [0.5, 0.6) is 5.75 Å². The van der Waals surface area contributed by atoms with Gasteiger partial charge in [-0.1, -0.05) is 13.0 Å². The Bertz CT molecular complexity index is 930. The van der Waals surface area contributed by atoms with Gasteiger partial charge in [-0.15, -0.1) is 5.10 Å². The van der Waals surface area contributed by atoms with Gasteiger partial charge >= 0.3 is 0 Å². The number of piperidine rings is 1. The van der Waals surface area contributed by atoms with Crippen molar-refractivity contribution in [2.45, 2.75) is 77.9 Å². The van der Waals surface area contributed by atoms with E-state index in [1.54, 1.807) is 13.1 Å². The fraction of sp³-hybridized carbons (Fsp3) is 0.542. The molecule has 1 aromatic rings. The third-order valence-corrected chi connectivity index (χ3v) is 5.44. The van der Waals surface area contributed by atoms with Gasteiger partial charge < -0.3 is 20.7 Å². The number of anilines is 1. The van der Waals surface area contributed by atoms with E-state index in [-0.39, 0.29) is 16.8 Å². The van der Waals surface area contributed by atoms with E-state index in [0.29, 0.717) is 23.1 Å². The predicted octanol–water partition coefficient (Wildman–Crippen LogP) is 4.16. The fourth-order valence-corrected chi connectivity index (χ4v) is 4.29. The molecule has 0 aliphatic carbocycles. The van der Waals surface area contributed by atoms with Gasteiger partial charge in [0.25, 0.3) is 0 Å². The van der Waals surface area contributed by atoms with Crippen LogP contribution in [0.3, 0.4) is 0 Å². The molecule has 33 heavy (non-hydrogen) atoms. The zero-order valence-electron chi connectivity index (χ0n) is 20.8. The maximum atomic E-state index is 10.4. The van der Waals surface area contributed by atoms with Crippen molar-refractivity contribution < 1.29 is 5.11 Å². The van der Waals surface area contributed by atoms with E-state index in [2.05, 4.69) is 83.7 Å². The van der Waals surface area contributed by atoms with Crippen molar-refractivity contribution >= 4 is 29.7 Å². The van der Waals surface area contributed by atoms with E-state index in [4.69, 9.17) is 5.41 Å². The summed E-state index contributed by atoms with van der Waals surface area (Å²) in [6, 6.07) is 1.82. The molecule has 180 valence electrons. The first-order chi connectivity index (χ1) is 15.5. The molecular formula is C24H38N8O. The number of allylic oxidation sites excluding steroid dienone is 1. The normalized spacial score (nSPS) is 19.2. The molecule has 1 aromatic heterocycles. The van der Waals surface area contributed by atoms with Crippen LogP contribution in [0, 0.1) is 5.41 Å². The molecule has 1 fully saturated rings. The number of hydrogen-bond acceptors (Lipinski definition) is 8. The second-order valence-electron chi connectivity index (χ2n) is 9.67. The third kappa shape index (κ3) is 7.78. The second kappa shape index (κ2) is 11.2. The lowest BCUT2D eigenvalue weighted by Crippen LogP contribution is -2.62. The topological polar surface area (TPSA) is 121 Å². The Balaban J connectivity index is 2.29. The van der Waals surface area contributed by atoms with E-state index in [1.807, 2.05) is 6.08 Å². The van der Waals surface area contributed by atoms with Gasteiger partial charge in [-0.3, -0.25) is 5.43 Å². The highest BCUT2D eigenvalue weighted by molar-refractivity contribution is 6.14. The van der Waals surface area contributed by atoms with E-state index in [0.717, 1.165) is 31.3 Å². The zero-order valence-corrected chi connectivity index (χ0v) is 20.8. The lowest BCUT2D eigenvalue weighted by molar-refractivity contribution is 0.114. The zero-order chi connectivity index (χ0) is 24.6. The number of amidine groups is 1. The van der Waals surface area contributed by atoms with Crippen LogP contribution in [0.25, 0.3) is 0 Å². The van der Waals surface area contributed by atoms with Crippen molar-refractivity contribution in [2.75, 3.05) is 12.5 Å². The van der Waals surface area contributed by atoms with E-state index >= 15 is 0 Å². The van der Waals surface area contributed by atoms with Crippen LogP contribution in [0.2, 0.25) is 0 Å². The van der Waals surface area contributed by atoms with Crippen molar-refractivity contribution in [1.29, 1.82) is 5.41 Å². The molecule has 0 aromatic carbocycles. The molecule has 1 saturated heterocycles. The molecule has 1 aliphatic rings. The van der Waals surface area contributed by atoms with Crippen LogP contribution in [0.4, 0.5) is 5.69 Å². The molecular weight excluding hydrogens is 416 g/mol. The monoisotopic (exact) mass is 454 g/mol. The lowest BCUT2D eigenvalue weighted by Gasteiger charge is -2.49. The maximum absolute atomic E-state index is 10.4. The van der Waals surface area contributed by atoms with Crippen molar-refractivity contribution in [3.05, 3.63) is 30.1 Å². The minimum Gasteiger partial charge on any atom is -0.506 e. The van der Waals surface area contributed by atoms with Crippen molar-refractivity contribution in [2.24, 2.45) is 15.3 Å². The summed E-state index contributed by atoms with van der Waals surface area (Å²) in [7, 11) is 2.07. The summed E-state index contributed by atoms with van der Waals surface area (Å²) in [5.74, 6) is 0.746. The number of aromatic hydroxyl groups is 1. The number of rotatable bonds is 8. The van der Waals surface area contributed by atoms with Crippen LogP contribution in [-0.4, -0.2) is 63.1 Å². The summed E-state index contributed by atoms with van der Waals surface area (Å²) in [6.45, 7) is 12.8. The van der Waals surface area contributed by atoms with Crippen molar-refractivity contribution in [1.82, 2.24) is 15.2 Å². The van der Waals surface area contributed by atoms with Gasteiger partial charge in [0.15, 0.2) is 5.84 Å². The Morgan fingerprint density at radius 3 is 2.55 bits per heavy atom. The highest BCUT2D eigenvalue weighted by Crippen LogP contribution is 2.31.